The van der Waals surface area contributed by atoms with E-state index in [4.69, 9.17) is 5.11 Å². The Morgan fingerprint density at radius 3 is 1.89 bits per heavy atom. The molecular formula is C17H18N4O7. The highest BCUT2D eigenvalue weighted by Gasteiger charge is 2.30. The number of aromatic hydroxyl groups is 1. The lowest BCUT2D eigenvalue weighted by Crippen LogP contribution is -2.12. The van der Waals surface area contributed by atoms with E-state index >= 15 is 0 Å². The largest absolute Gasteiger partial charge is 0.497 e. The van der Waals surface area contributed by atoms with E-state index in [1.54, 1.807) is 0 Å². The number of hydrogen-bond acceptors (Lipinski definition) is 8. The number of nitro groups is 3. The molecule has 1 aliphatic heterocycles. The third-order valence-corrected chi connectivity index (χ3v) is 4.20. The molecule has 0 aromatic heterocycles. The molecule has 148 valence electrons. The van der Waals surface area contributed by atoms with Crippen molar-refractivity contribution in [3.05, 3.63) is 77.9 Å². The average molecular weight is 390 g/mol. The minimum Gasteiger partial charge on any atom is -0.497 e. The molecule has 2 aromatic rings. The summed E-state index contributed by atoms with van der Waals surface area (Å²) in [6.45, 7) is 3.31. The van der Waals surface area contributed by atoms with Crippen molar-refractivity contribution in [2.45, 2.75) is 25.8 Å². The monoisotopic (exact) mass is 390 g/mol. The molecule has 28 heavy (non-hydrogen) atoms. The summed E-state index contributed by atoms with van der Waals surface area (Å²) >= 11 is 0. The number of nitrogens with one attached hydrogen (secondary N) is 1. The topological polar surface area (TPSA) is 162 Å². The molecule has 0 amide bonds. The molecule has 1 saturated heterocycles. The third kappa shape index (κ3) is 4.98. The standard InChI is InChI=1S/C11H15N.C6H3N3O7/c1-9-4-6-10(7-5-9)11-3-2-8-12-11;10-6-4(8(13)14)1-3(7(11)12)2-5(6)9(15)16/h4-7,11-12H,2-3,8H2,1H3;1-2,10H. The van der Waals surface area contributed by atoms with Gasteiger partial charge in [-0.05, 0) is 31.9 Å². The number of phenolic OH excluding ortho intramolecular Hbond substituents is 1. The summed E-state index contributed by atoms with van der Waals surface area (Å²) in [5.41, 5.74) is -0.215. The zero-order valence-corrected chi connectivity index (χ0v) is 14.9. The Morgan fingerprint density at radius 2 is 1.50 bits per heavy atom. The van der Waals surface area contributed by atoms with Crippen LogP contribution in [0.3, 0.4) is 0 Å². The lowest BCUT2D eigenvalue weighted by atomic mass is 10.0. The zero-order chi connectivity index (χ0) is 20.8. The van der Waals surface area contributed by atoms with Gasteiger partial charge >= 0.3 is 11.4 Å². The smallest absolute Gasteiger partial charge is 0.324 e. The van der Waals surface area contributed by atoms with E-state index in [-0.39, 0.29) is 0 Å². The summed E-state index contributed by atoms with van der Waals surface area (Å²) in [5, 5.41) is 43.7. The molecule has 1 aliphatic rings. The number of benzene rings is 2. The minimum atomic E-state index is -1.21. The molecule has 0 saturated carbocycles. The van der Waals surface area contributed by atoms with E-state index in [1.165, 1.54) is 30.5 Å². The van der Waals surface area contributed by atoms with Gasteiger partial charge < -0.3 is 10.4 Å². The van der Waals surface area contributed by atoms with E-state index in [1.807, 2.05) is 0 Å². The predicted octanol–water partition coefficient (Wildman–Crippen LogP) is 3.54. The molecule has 11 heteroatoms. The van der Waals surface area contributed by atoms with Gasteiger partial charge in [0.15, 0.2) is 0 Å². The lowest BCUT2D eigenvalue weighted by molar-refractivity contribution is -0.404. The molecule has 0 aliphatic carbocycles. The Balaban J connectivity index is 0.000000207. The summed E-state index contributed by atoms with van der Waals surface area (Å²) in [6, 6.07) is 10.4. The first-order valence-corrected chi connectivity index (χ1v) is 8.31. The molecule has 11 nitrogen and oxygen atoms in total. The van der Waals surface area contributed by atoms with Crippen LogP contribution in [-0.2, 0) is 0 Å². The molecule has 1 heterocycles. The molecule has 0 bridgehead atoms. The van der Waals surface area contributed by atoms with Crippen LogP contribution >= 0.6 is 0 Å². The molecule has 2 aromatic carbocycles. The average Bonchev–Trinajstić information content (AvgIpc) is 3.17. The number of hydrogen-bond donors (Lipinski definition) is 2. The Morgan fingerprint density at radius 1 is 0.964 bits per heavy atom. The van der Waals surface area contributed by atoms with Crippen LogP contribution < -0.4 is 5.32 Å². The predicted molar refractivity (Wildman–Crippen MR) is 99.2 cm³/mol. The van der Waals surface area contributed by atoms with E-state index in [9.17, 15) is 30.3 Å². The number of non-ortho nitro benzene ring substituents is 1. The van der Waals surface area contributed by atoms with Crippen molar-refractivity contribution in [1.29, 1.82) is 0 Å². The normalized spacial score (nSPS) is 15.4. The number of rotatable bonds is 4. The van der Waals surface area contributed by atoms with Crippen LogP contribution in [0.4, 0.5) is 17.1 Å². The maximum atomic E-state index is 10.4. The fourth-order valence-corrected chi connectivity index (χ4v) is 2.74. The van der Waals surface area contributed by atoms with Crippen molar-refractivity contribution in [3.63, 3.8) is 0 Å². The van der Waals surface area contributed by atoms with Crippen LogP contribution in [0.1, 0.15) is 30.0 Å². The summed E-state index contributed by atoms with van der Waals surface area (Å²) in [4.78, 5) is 27.8. The first-order chi connectivity index (χ1) is 13.2. The molecule has 0 spiro atoms. The number of nitro benzene ring substituents is 3. The van der Waals surface area contributed by atoms with Crippen LogP contribution in [0.2, 0.25) is 0 Å². The van der Waals surface area contributed by atoms with E-state index in [0.717, 1.165) is 0 Å². The molecule has 2 N–H and O–H groups in total. The van der Waals surface area contributed by atoms with Crippen LogP contribution in [0.25, 0.3) is 0 Å². The lowest BCUT2D eigenvalue weighted by Gasteiger charge is -2.09. The Kier molecular flexibility index (Phi) is 6.55. The number of nitrogens with zero attached hydrogens (tertiary/aromatic N) is 3. The second kappa shape index (κ2) is 8.86. The van der Waals surface area contributed by atoms with Crippen molar-refractivity contribution >= 4 is 17.1 Å². The van der Waals surface area contributed by atoms with Crippen molar-refractivity contribution in [2.75, 3.05) is 6.54 Å². The highest BCUT2D eigenvalue weighted by molar-refractivity contribution is 5.64. The van der Waals surface area contributed by atoms with Gasteiger partial charge in [-0.3, -0.25) is 30.3 Å². The quantitative estimate of drug-likeness (QED) is 0.591. The van der Waals surface area contributed by atoms with Gasteiger partial charge in [0.1, 0.15) is 0 Å². The summed E-state index contributed by atoms with van der Waals surface area (Å²) < 4.78 is 0. The van der Waals surface area contributed by atoms with Crippen molar-refractivity contribution in [2.24, 2.45) is 0 Å². The van der Waals surface area contributed by atoms with Crippen LogP contribution in [0, 0.1) is 37.3 Å². The SMILES string of the molecule is Cc1ccc(C2CCCN2)cc1.O=[N+]([O-])c1cc([N+](=O)[O-])c(O)c([N+](=O)[O-])c1. The second-order valence-electron chi connectivity index (χ2n) is 6.16. The zero-order valence-electron chi connectivity index (χ0n) is 14.9. The molecule has 1 unspecified atom stereocenters. The summed E-state index contributed by atoms with van der Waals surface area (Å²) in [5.74, 6) is -1.21. The molecule has 3 rings (SSSR count). The van der Waals surface area contributed by atoms with Gasteiger partial charge in [0.05, 0.1) is 26.9 Å². The Bertz CT molecular complexity index is 858. The van der Waals surface area contributed by atoms with Crippen LogP contribution in [0.5, 0.6) is 5.75 Å². The molecule has 1 fully saturated rings. The summed E-state index contributed by atoms with van der Waals surface area (Å²) in [6.07, 6.45) is 2.61. The van der Waals surface area contributed by atoms with E-state index < -0.39 is 37.6 Å². The van der Waals surface area contributed by atoms with Gasteiger partial charge in [-0.1, -0.05) is 29.8 Å². The summed E-state index contributed by atoms with van der Waals surface area (Å²) in [7, 11) is 0. The molecular weight excluding hydrogens is 372 g/mol. The maximum Gasteiger partial charge on any atom is 0.324 e. The first-order valence-electron chi connectivity index (χ1n) is 8.31. The van der Waals surface area contributed by atoms with Gasteiger partial charge in [0.25, 0.3) is 11.4 Å². The second-order valence-corrected chi connectivity index (χ2v) is 6.16. The van der Waals surface area contributed by atoms with E-state index in [0.29, 0.717) is 18.2 Å². The van der Waals surface area contributed by atoms with Gasteiger partial charge in [0, 0.05) is 6.04 Å². The number of phenols is 1. The Hall–Kier alpha value is -3.60. The van der Waals surface area contributed by atoms with Gasteiger partial charge in [0.2, 0.25) is 0 Å². The van der Waals surface area contributed by atoms with Crippen LogP contribution in [-0.4, -0.2) is 26.4 Å². The highest BCUT2D eigenvalue weighted by Crippen LogP contribution is 2.38. The third-order valence-electron chi connectivity index (χ3n) is 4.20. The highest BCUT2D eigenvalue weighted by atomic mass is 16.6. The molecule has 0 radical (unpaired) electrons. The van der Waals surface area contributed by atoms with Crippen molar-refractivity contribution in [3.8, 4) is 5.75 Å². The van der Waals surface area contributed by atoms with Gasteiger partial charge in [-0.2, -0.15) is 0 Å². The van der Waals surface area contributed by atoms with Crippen molar-refractivity contribution in [1.82, 2.24) is 5.32 Å². The minimum absolute atomic E-state index is 0.447. The van der Waals surface area contributed by atoms with Crippen LogP contribution in [0.15, 0.2) is 36.4 Å². The first kappa shape index (κ1) is 20.7. The van der Waals surface area contributed by atoms with E-state index in [2.05, 4.69) is 36.5 Å². The van der Waals surface area contributed by atoms with Gasteiger partial charge in [-0.25, -0.2) is 0 Å². The Labute approximate surface area is 159 Å². The van der Waals surface area contributed by atoms with Gasteiger partial charge in [-0.15, -0.1) is 0 Å². The fraction of sp³-hybridized carbons (Fsp3) is 0.294. The molecule has 1 atom stereocenters. The van der Waals surface area contributed by atoms with Crippen molar-refractivity contribution < 1.29 is 19.9 Å². The fourth-order valence-electron chi connectivity index (χ4n) is 2.74. The maximum absolute atomic E-state index is 10.4. The number of aryl methyl sites for hydroxylation is 1.